The molecular formula is C28H37N9OS. The number of hydrogen-bond donors (Lipinski definition) is 5. The number of H-pyrrole nitrogens is 1. The van der Waals surface area contributed by atoms with Gasteiger partial charge in [-0.25, -0.2) is 4.98 Å². The second-order valence-corrected chi connectivity index (χ2v) is 11.6. The van der Waals surface area contributed by atoms with Crippen LogP contribution in [0, 0.1) is 18.8 Å². The second kappa shape index (κ2) is 13.0. The van der Waals surface area contributed by atoms with E-state index in [0.717, 1.165) is 79.1 Å². The molecule has 5 N–H and O–H groups in total. The van der Waals surface area contributed by atoms with Crippen LogP contribution in [0.5, 0.6) is 0 Å². The molecule has 11 heteroatoms. The summed E-state index contributed by atoms with van der Waals surface area (Å²) in [5.41, 5.74) is 2.16. The molecule has 0 bridgehead atoms. The van der Waals surface area contributed by atoms with Crippen LogP contribution in [0.15, 0.2) is 42.0 Å². The van der Waals surface area contributed by atoms with Gasteiger partial charge in [0, 0.05) is 42.8 Å². The average molecular weight is 548 g/mol. The van der Waals surface area contributed by atoms with E-state index in [-0.39, 0.29) is 12.1 Å². The Morgan fingerprint density at radius 3 is 2.87 bits per heavy atom. The standard InChI is InChI=1S/C28H37N9OS/c1-18-5-6-20(14-30-16-21-4-3-8-29-15-21)12-22(31-17-38)13-23(10-18)32-28-34-26(24-7-9-39-27(24)35-28)33-25-11-19(2)36-37-25/h3-4,7-9,11,15,17-18,20,22-23,30H,5-6,10,12-14,16H2,1-2H3,(H,31,38)(H3,32,33,34,35,36,37)/t18-,20?,22+,23-/m0/s1. The lowest BCUT2D eigenvalue weighted by Gasteiger charge is -2.26. The van der Waals surface area contributed by atoms with Gasteiger partial charge in [-0.15, -0.1) is 11.3 Å². The molecule has 39 heavy (non-hydrogen) atoms. The molecule has 0 aliphatic heterocycles. The van der Waals surface area contributed by atoms with Crippen LogP contribution in [0.2, 0.25) is 0 Å². The Hall–Kier alpha value is -3.57. The topological polar surface area (TPSA) is 133 Å². The number of nitrogens with one attached hydrogen (secondary N) is 5. The molecule has 206 valence electrons. The predicted octanol–water partition coefficient (Wildman–Crippen LogP) is 4.76. The Morgan fingerprint density at radius 1 is 1.15 bits per heavy atom. The van der Waals surface area contributed by atoms with E-state index in [1.807, 2.05) is 36.7 Å². The van der Waals surface area contributed by atoms with Crippen molar-refractivity contribution >= 4 is 45.5 Å². The number of aromatic nitrogens is 5. The molecule has 1 unspecified atom stereocenters. The monoisotopic (exact) mass is 547 g/mol. The first kappa shape index (κ1) is 27.0. The third-order valence-electron chi connectivity index (χ3n) is 7.34. The minimum Gasteiger partial charge on any atom is -0.356 e. The smallest absolute Gasteiger partial charge is 0.226 e. The van der Waals surface area contributed by atoms with Crippen molar-refractivity contribution in [1.29, 1.82) is 0 Å². The maximum Gasteiger partial charge on any atom is 0.226 e. The first-order valence-corrected chi connectivity index (χ1v) is 14.5. The maximum atomic E-state index is 11.5. The molecule has 1 amide bonds. The minimum absolute atomic E-state index is 0.0746. The van der Waals surface area contributed by atoms with Crippen LogP contribution in [0.25, 0.3) is 10.2 Å². The summed E-state index contributed by atoms with van der Waals surface area (Å²) in [6.07, 6.45) is 9.53. The van der Waals surface area contributed by atoms with Gasteiger partial charge in [0.1, 0.15) is 10.6 Å². The fraction of sp³-hybridized carbons (Fsp3) is 0.464. The number of rotatable bonds is 10. The zero-order valence-electron chi connectivity index (χ0n) is 22.5. The van der Waals surface area contributed by atoms with Crippen molar-refractivity contribution in [3.8, 4) is 0 Å². The van der Waals surface area contributed by atoms with Crippen LogP contribution in [0.4, 0.5) is 17.6 Å². The highest BCUT2D eigenvalue weighted by molar-refractivity contribution is 7.16. The number of hydrogen-bond acceptors (Lipinski definition) is 9. The summed E-state index contributed by atoms with van der Waals surface area (Å²) in [4.78, 5) is 26.3. The molecule has 1 aliphatic rings. The van der Waals surface area contributed by atoms with Gasteiger partial charge in [0.2, 0.25) is 12.4 Å². The molecule has 10 nitrogen and oxygen atoms in total. The number of carbonyl (C=O) groups excluding carboxylic acids is 1. The first-order chi connectivity index (χ1) is 19.1. The lowest BCUT2D eigenvalue weighted by Crippen LogP contribution is -2.37. The number of aromatic amines is 1. The van der Waals surface area contributed by atoms with E-state index < -0.39 is 0 Å². The van der Waals surface area contributed by atoms with Gasteiger partial charge in [-0.05, 0) is 74.1 Å². The number of thiophene rings is 1. The van der Waals surface area contributed by atoms with E-state index >= 15 is 0 Å². The fourth-order valence-electron chi connectivity index (χ4n) is 5.44. The normalized spacial score (nSPS) is 22.0. The number of carbonyl (C=O) groups is 1. The van der Waals surface area contributed by atoms with Gasteiger partial charge in [-0.2, -0.15) is 10.1 Å². The minimum atomic E-state index is 0.0746. The Bertz CT molecular complexity index is 1340. The van der Waals surface area contributed by atoms with E-state index in [9.17, 15) is 4.79 Å². The molecule has 1 aliphatic carbocycles. The van der Waals surface area contributed by atoms with Crippen molar-refractivity contribution in [1.82, 2.24) is 35.8 Å². The summed E-state index contributed by atoms with van der Waals surface area (Å²) < 4.78 is 0. The molecule has 4 aromatic heterocycles. The van der Waals surface area contributed by atoms with Crippen LogP contribution in [0.3, 0.4) is 0 Å². The van der Waals surface area contributed by atoms with Crippen molar-refractivity contribution in [2.75, 3.05) is 17.2 Å². The Kier molecular flexibility index (Phi) is 9.00. The molecular weight excluding hydrogens is 510 g/mol. The number of nitrogens with zero attached hydrogens (tertiary/aromatic N) is 4. The van der Waals surface area contributed by atoms with E-state index in [4.69, 9.17) is 9.97 Å². The maximum absolute atomic E-state index is 11.5. The highest BCUT2D eigenvalue weighted by atomic mass is 32.1. The van der Waals surface area contributed by atoms with E-state index in [1.54, 1.807) is 17.5 Å². The molecule has 0 radical (unpaired) electrons. The third-order valence-corrected chi connectivity index (χ3v) is 8.15. The van der Waals surface area contributed by atoms with Gasteiger partial charge in [-0.1, -0.05) is 19.4 Å². The summed E-state index contributed by atoms with van der Waals surface area (Å²) in [6.45, 7) is 6.00. The summed E-state index contributed by atoms with van der Waals surface area (Å²) in [6, 6.07) is 8.24. The van der Waals surface area contributed by atoms with Crippen molar-refractivity contribution in [2.24, 2.45) is 11.8 Å². The van der Waals surface area contributed by atoms with E-state index in [1.165, 1.54) is 5.56 Å². The SMILES string of the molecule is Cc1cc(Nc2nc(N[C@H]3C[C@@H](C)CCC(CNCc4cccnc4)C[C@@H](NC=O)C3)nc3sccc23)n[nH]1. The zero-order chi connectivity index (χ0) is 27.0. The predicted molar refractivity (Wildman–Crippen MR) is 156 cm³/mol. The van der Waals surface area contributed by atoms with Crippen LogP contribution >= 0.6 is 11.3 Å². The molecule has 1 fully saturated rings. The van der Waals surface area contributed by atoms with Gasteiger partial charge in [0.05, 0.1) is 5.39 Å². The Labute approximate surface area is 232 Å². The van der Waals surface area contributed by atoms with Crippen molar-refractivity contribution in [2.45, 2.75) is 64.6 Å². The lowest BCUT2D eigenvalue weighted by atomic mass is 9.92. The van der Waals surface area contributed by atoms with E-state index in [2.05, 4.69) is 49.4 Å². The molecule has 0 aromatic carbocycles. The van der Waals surface area contributed by atoms with Crippen LogP contribution in [-0.2, 0) is 11.3 Å². The van der Waals surface area contributed by atoms with Crippen molar-refractivity contribution < 1.29 is 4.79 Å². The largest absolute Gasteiger partial charge is 0.356 e. The van der Waals surface area contributed by atoms with Gasteiger partial charge in [0.25, 0.3) is 0 Å². The number of amides is 1. The van der Waals surface area contributed by atoms with Gasteiger partial charge in [0.15, 0.2) is 5.82 Å². The second-order valence-electron chi connectivity index (χ2n) is 10.7. The highest BCUT2D eigenvalue weighted by Crippen LogP contribution is 2.31. The molecule has 0 spiro atoms. The summed E-state index contributed by atoms with van der Waals surface area (Å²) in [7, 11) is 0. The van der Waals surface area contributed by atoms with Crippen LogP contribution in [0.1, 0.15) is 50.3 Å². The quantitative estimate of drug-likeness (QED) is 0.180. The number of pyridine rings is 1. The number of aryl methyl sites for hydroxylation is 1. The Balaban J connectivity index is 1.28. The molecule has 4 aromatic rings. The van der Waals surface area contributed by atoms with Crippen LogP contribution in [-0.4, -0.2) is 50.2 Å². The lowest BCUT2D eigenvalue weighted by molar-refractivity contribution is -0.110. The van der Waals surface area contributed by atoms with Crippen LogP contribution < -0.4 is 21.3 Å². The first-order valence-electron chi connectivity index (χ1n) is 13.7. The number of fused-ring (bicyclic) bond motifs is 1. The van der Waals surface area contributed by atoms with Crippen molar-refractivity contribution in [3.63, 3.8) is 0 Å². The fourth-order valence-corrected chi connectivity index (χ4v) is 6.20. The highest BCUT2D eigenvalue weighted by Gasteiger charge is 2.26. The molecule has 5 rings (SSSR count). The molecule has 4 heterocycles. The van der Waals surface area contributed by atoms with Gasteiger partial charge >= 0.3 is 0 Å². The van der Waals surface area contributed by atoms with Gasteiger partial charge in [-0.3, -0.25) is 14.9 Å². The average Bonchev–Trinajstić information content (AvgIpc) is 3.57. The third kappa shape index (κ3) is 7.51. The summed E-state index contributed by atoms with van der Waals surface area (Å²) in [5, 5.41) is 23.9. The molecule has 4 atom stereocenters. The van der Waals surface area contributed by atoms with Gasteiger partial charge < -0.3 is 21.3 Å². The summed E-state index contributed by atoms with van der Waals surface area (Å²) in [5.74, 6) is 3.06. The molecule has 1 saturated carbocycles. The van der Waals surface area contributed by atoms with E-state index in [0.29, 0.717) is 17.8 Å². The Morgan fingerprint density at radius 2 is 2.08 bits per heavy atom. The van der Waals surface area contributed by atoms with Crippen molar-refractivity contribution in [3.05, 3.63) is 53.3 Å². The zero-order valence-corrected chi connectivity index (χ0v) is 23.3. The number of anilines is 3. The summed E-state index contributed by atoms with van der Waals surface area (Å²) >= 11 is 1.59. The molecule has 0 saturated heterocycles.